The maximum atomic E-state index is 13.2. The van der Waals surface area contributed by atoms with E-state index in [1.54, 1.807) is 25.2 Å². The molecule has 0 radical (unpaired) electrons. The van der Waals surface area contributed by atoms with Crippen LogP contribution in [0, 0.1) is 11.3 Å². The van der Waals surface area contributed by atoms with Gasteiger partial charge in [0.25, 0.3) is 5.91 Å². The van der Waals surface area contributed by atoms with Crippen molar-refractivity contribution in [1.82, 2.24) is 10.2 Å². The van der Waals surface area contributed by atoms with Gasteiger partial charge in [-0.15, -0.1) is 0 Å². The first kappa shape index (κ1) is 21.9. The number of anilines is 1. The third kappa shape index (κ3) is 3.73. The summed E-state index contributed by atoms with van der Waals surface area (Å²) in [6.45, 7) is 0.321. The molecule has 10 heteroatoms. The molecular formula is C22H16BrF3N4O2. The maximum Gasteiger partial charge on any atom is 0.416 e. The van der Waals surface area contributed by atoms with Gasteiger partial charge in [0.05, 0.1) is 34.5 Å². The molecule has 164 valence electrons. The average molecular weight is 505 g/mol. The van der Waals surface area contributed by atoms with Crippen LogP contribution in [0.15, 0.2) is 58.2 Å². The fourth-order valence-corrected chi connectivity index (χ4v) is 4.51. The van der Waals surface area contributed by atoms with Crippen LogP contribution in [-0.2, 0) is 11.0 Å². The third-order valence-corrected chi connectivity index (χ3v) is 6.16. The lowest BCUT2D eigenvalue weighted by Gasteiger charge is -2.41. The Morgan fingerprint density at radius 3 is 2.59 bits per heavy atom. The molecule has 2 aliphatic rings. The summed E-state index contributed by atoms with van der Waals surface area (Å²) in [4.78, 5) is 28.9. The molecule has 0 saturated carbocycles. The van der Waals surface area contributed by atoms with Gasteiger partial charge < -0.3 is 10.2 Å². The molecule has 1 N–H and O–H groups in total. The van der Waals surface area contributed by atoms with Crippen molar-refractivity contribution in [2.75, 3.05) is 18.5 Å². The molecule has 32 heavy (non-hydrogen) atoms. The highest BCUT2D eigenvalue weighted by Gasteiger charge is 2.42. The number of hydrogen-bond donors (Lipinski definition) is 1. The molecule has 2 aromatic rings. The number of amides is 3. The number of hydrogen-bond acceptors (Lipinski definition) is 3. The van der Waals surface area contributed by atoms with E-state index >= 15 is 0 Å². The Kier molecular flexibility index (Phi) is 5.46. The molecule has 0 aromatic heterocycles. The number of halogens is 4. The van der Waals surface area contributed by atoms with Crippen molar-refractivity contribution in [2.24, 2.45) is 0 Å². The minimum absolute atomic E-state index is 0.0273. The molecule has 0 aliphatic carbocycles. The van der Waals surface area contributed by atoms with Gasteiger partial charge in [0, 0.05) is 30.2 Å². The summed E-state index contributed by atoms with van der Waals surface area (Å²) in [6.07, 6.45) is -4.27. The molecule has 1 unspecified atom stereocenters. The Balaban J connectivity index is 1.88. The number of benzene rings is 2. The van der Waals surface area contributed by atoms with Crippen molar-refractivity contribution in [3.05, 3.63) is 74.9 Å². The molecule has 2 aromatic carbocycles. The van der Waals surface area contributed by atoms with E-state index in [-0.39, 0.29) is 17.2 Å². The lowest BCUT2D eigenvalue weighted by molar-refractivity contribution is -0.137. The highest BCUT2D eigenvalue weighted by atomic mass is 79.9. The standard InChI is InChI=1S/C22H16BrF3N4O2/c1-29-8-7-17-18(20(29)31)19(15-6-5-12(11-27)9-16(15)23)28-21(32)30(17)14-4-2-3-13(10-14)22(24,25)26/h2-6,9-10,19H,7-8H2,1H3,(H,28,32). The number of nitrogens with zero attached hydrogens (tertiary/aromatic N) is 3. The molecule has 2 heterocycles. The quantitative estimate of drug-likeness (QED) is 0.642. The number of urea groups is 1. The van der Waals surface area contributed by atoms with Gasteiger partial charge in [-0.3, -0.25) is 9.69 Å². The van der Waals surface area contributed by atoms with Crippen LogP contribution in [0.4, 0.5) is 23.7 Å². The van der Waals surface area contributed by atoms with Crippen LogP contribution in [0.5, 0.6) is 0 Å². The van der Waals surface area contributed by atoms with Crippen molar-refractivity contribution >= 4 is 33.6 Å². The van der Waals surface area contributed by atoms with E-state index in [0.29, 0.717) is 34.3 Å². The van der Waals surface area contributed by atoms with E-state index in [0.717, 1.165) is 17.0 Å². The SMILES string of the molecule is CN1CCC2=C(C1=O)C(c1ccc(C#N)cc1Br)NC(=O)N2c1cccc(C(F)(F)F)c1. The smallest absolute Gasteiger partial charge is 0.341 e. The summed E-state index contributed by atoms with van der Waals surface area (Å²) in [6, 6.07) is 9.81. The third-order valence-electron chi connectivity index (χ3n) is 5.47. The minimum Gasteiger partial charge on any atom is -0.341 e. The Hall–Kier alpha value is -3.32. The van der Waals surface area contributed by atoms with E-state index in [2.05, 4.69) is 21.2 Å². The zero-order valence-electron chi connectivity index (χ0n) is 16.7. The van der Waals surface area contributed by atoms with Crippen molar-refractivity contribution < 1.29 is 22.8 Å². The van der Waals surface area contributed by atoms with Gasteiger partial charge in [-0.25, -0.2) is 4.79 Å². The van der Waals surface area contributed by atoms with Crippen LogP contribution in [0.1, 0.15) is 29.2 Å². The van der Waals surface area contributed by atoms with Crippen molar-refractivity contribution in [2.45, 2.75) is 18.6 Å². The number of likely N-dealkylation sites (N-methyl/N-ethyl adjacent to an activating group) is 1. The Bertz CT molecular complexity index is 1200. The molecule has 0 fully saturated rings. The molecule has 0 bridgehead atoms. The van der Waals surface area contributed by atoms with E-state index in [9.17, 15) is 22.8 Å². The van der Waals surface area contributed by atoms with Gasteiger partial charge >= 0.3 is 12.2 Å². The van der Waals surface area contributed by atoms with Crippen LogP contribution in [-0.4, -0.2) is 30.4 Å². The maximum absolute atomic E-state index is 13.2. The van der Waals surface area contributed by atoms with Gasteiger partial charge in [-0.1, -0.05) is 28.1 Å². The zero-order chi connectivity index (χ0) is 23.2. The Morgan fingerprint density at radius 2 is 1.94 bits per heavy atom. The highest BCUT2D eigenvalue weighted by molar-refractivity contribution is 9.10. The second-order valence-electron chi connectivity index (χ2n) is 7.45. The largest absolute Gasteiger partial charge is 0.416 e. The zero-order valence-corrected chi connectivity index (χ0v) is 18.3. The Labute approximate surface area is 190 Å². The van der Waals surface area contributed by atoms with E-state index in [4.69, 9.17) is 5.26 Å². The van der Waals surface area contributed by atoms with Crippen LogP contribution in [0.3, 0.4) is 0 Å². The number of nitriles is 1. The summed E-state index contributed by atoms with van der Waals surface area (Å²) >= 11 is 3.40. The minimum atomic E-state index is -4.57. The molecular weight excluding hydrogens is 489 g/mol. The van der Waals surface area contributed by atoms with Gasteiger partial charge in [-0.05, 0) is 35.9 Å². The van der Waals surface area contributed by atoms with Gasteiger partial charge in [-0.2, -0.15) is 18.4 Å². The first-order chi connectivity index (χ1) is 15.1. The van der Waals surface area contributed by atoms with Crippen LogP contribution >= 0.6 is 15.9 Å². The van der Waals surface area contributed by atoms with E-state index in [1.807, 2.05) is 6.07 Å². The van der Waals surface area contributed by atoms with E-state index in [1.165, 1.54) is 17.0 Å². The van der Waals surface area contributed by atoms with Crippen molar-refractivity contribution in [3.63, 3.8) is 0 Å². The molecule has 4 rings (SSSR count). The number of carbonyl (C=O) groups is 2. The van der Waals surface area contributed by atoms with Crippen molar-refractivity contribution in [1.29, 1.82) is 5.26 Å². The second kappa shape index (κ2) is 7.98. The molecule has 6 nitrogen and oxygen atoms in total. The van der Waals surface area contributed by atoms with E-state index < -0.39 is 23.8 Å². The summed E-state index contributed by atoms with van der Waals surface area (Å²) in [5.41, 5.74) is 0.742. The number of nitrogens with one attached hydrogen (secondary N) is 1. The topological polar surface area (TPSA) is 76.4 Å². The predicted octanol–water partition coefficient (Wildman–Crippen LogP) is 4.73. The Morgan fingerprint density at radius 1 is 1.19 bits per heavy atom. The van der Waals surface area contributed by atoms with Gasteiger partial charge in [0.15, 0.2) is 0 Å². The molecule has 2 aliphatic heterocycles. The van der Waals surface area contributed by atoms with Crippen molar-refractivity contribution in [3.8, 4) is 6.07 Å². The fourth-order valence-electron chi connectivity index (χ4n) is 3.90. The first-order valence-corrected chi connectivity index (χ1v) is 10.4. The average Bonchev–Trinajstić information content (AvgIpc) is 2.75. The first-order valence-electron chi connectivity index (χ1n) is 9.57. The van der Waals surface area contributed by atoms with Crippen LogP contribution in [0.2, 0.25) is 0 Å². The lowest BCUT2D eigenvalue weighted by Crippen LogP contribution is -2.53. The number of carbonyl (C=O) groups excluding carboxylic acids is 2. The number of rotatable bonds is 2. The molecule has 0 saturated heterocycles. The molecule has 3 amide bonds. The van der Waals surface area contributed by atoms with Gasteiger partial charge in [0.1, 0.15) is 0 Å². The fraction of sp³-hybridized carbons (Fsp3) is 0.227. The number of alkyl halides is 3. The van der Waals surface area contributed by atoms with Crippen LogP contribution < -0.4 is 10.2 Å². The van der Waals surface area contributed by atoms with Gasteiger partial charge in [0.2, 0.25) is 0 Å². The summed E-state index contributed by atoms with van der Waals surface area (Å²) in [5.74, 6) is -0.329. The monoisotopic (exact) mass is 504 g/mol. The highest BCUT2D eigenvalue weighted by Crippen LogP contribution is 2.41. The molecule has 0 spiro atoms. The van der Waals surface area contributed by atoms with Crippen LogP contribution in [0.25, 0.3) is 0 Å². The summed E-state index contributed by atoms with van der Waals surface area (Å²) < 4.78 is 40.3. The summed E-state index contributed by atoms with van der Waals surface area (Å²) in [7, 11) is 1.63. The molecule has 1 atom stereocenters. The second-order valence-corrected chi connectivity index (χ2v) is 8.31. The predicted molar refractivity (Wildman–Crippen MR) is 113 cm³/mol. The normalized spacial score (nSPS) is 18.9. The lowest BCUT2D eigenvalue weighted by atomic mass is 9.89. The summed E-state index contributed by atoms with van der Waals surface area (Å²) in [5, 5.41) is 11.9.